The third-order valence-electron chi connectivity index (χ3n) is 4.16. The van der Waals surface area contributed by atoms with Crippen molar-refractivity contribution in [3.05, 3.63) is 53.6 Å². The topological polar surface area (TPSA) is 68.8 Å². The maximum Gasteiger partial charge on any atom is 0.315 e. The monoisotopic (exact) mass is 358 g/mol. The van der Waals surface area contributed by atoms with Gasteiger partial charge in [-0.1, -0.05) is 24.3 Å². The molecule has 0 aliphatic carbocycles. The molecule has 0 spiro atoms. The van der Waals surface area contributed by atoms with E-state index in [1.54, 1.807) is 21.3 Å². The lowest BCUT2D eigenvalue weighted by molar-refractivity contribution is 0.229. The Morgan fingerprint density at radius 1 is 0.923 bits per heavy atom. The van der Waals surface area contributed by atoms with Crippen LogP contribution in [0.2, 0.25) is 0 Å². The van der Waals surface area contributed by atoms with Crippen LogP contribution < -0.4 is 24.8 Å². The molecule has 0 saturated carbocycles. The number of amides is 2. The van der Waals surface area contributed by atoms with Crippen molar-refractivity contribution in [2.75, 3.05) is 21.3 Å². The van der Waals surface area contributed by atoms with Gasteiger partial charge in [-0.2, -0.15) is 0 Å². The molecule has 140 valence electrons. The Bertz CT molecular complexity index is 759. The first-order valence-electron chi connectivity index (χ1n) is 8.31. The fourth-order valence-electron chi connectivity index (χ4n) is 2.65. The van der Waals surface area contributed by atoms with E-state index in [2.05, 4.69) is 10.6 Å². The highest BCUT2D eigenvalue weighted by atomic mass is 16.5. The molecule has 0 fully saturated rings. The molecule has 0 unspecified atom stereocenters. The molecule has 26 heavy (non-hydrogen) atoms. The van der Waals surface area contributed by atoms with E-state index >= 15 is 0 Å². The second kappa shape index (κ2) is 8.47. The van der Waals surface area contributed by atoms with Gasteiger partial charge in [0.15, 0.2) is 11.5 Å². The van der Waals surface area contributed by atoms with Crippen LogP contribution in [0.4, 0.5) is 4.79 Å². The van der Waals surface area contributed by atoms with E-state index in [4.69, 9.17) is 14.2 Å². The lowest BCUT2D eigenvalue weighted by Crippen LogP contribution is -2.46. The maximum atomic E-state index is 12.4. The number of carbonyl (C=O) groups excluding carboxylic acids is 1. The zero-order valence-electron chi connectivity index (χ0n) is 15.9. The quantitative estimate of drug-likeness (QED) is 0.795. The summed E-state index contributed by atoms with van der Waals surface area (Å²) in [6, 6.07) is 12.9. The van der Waals surface area contributed by atoms with Gasteiger partial charge in [0.05, 0.1) is 26.9 Å². The lowest BCUT2D eigenvalue weighted by Gasteiger charge is -2.28. The van der Waals surface area contributed by atoms with Crippen molar-refractivity contribution in [2.24, 2.45) is 0 Å². The normalized spacial score (nSPS) is 10.8. The summed E-state index contributed by atoms with van der Waals surface area (Å²) >= 11 is 0. The largest absolute Gasteiger partial charge is 0.496 e. The van der Waals surface area contributed by atoms with Crippen LogP contribution in [0.5, 0.6) is 17.2 Å². The Balaban J connectivity index is 2.05. The Labute approximate surface area is 154 Å². The highest BCUT2D eigenvalue weighted by Crippen LogP contribution is 2.32. The van der Waals surface area contributed by atoms with Crippen molar-refractivity contribution in [1.82, 2.24) is 10.6 Å². The Morgan fingerprint density at radius 3 is 2.23 bits per heavy atom. The van der Waals surface area contributed by atoms with Gasteiger partial charge in [-0.05, 0) is 37.6 Å². The highest BCUT2D eigenvalue weighted by Gasteiger charge is 2.24. The Morgan fingerprint density at radius 2 is 1.58 bits per heavy atom. The fraction of sp³-hybridized carbons (Fsp3) is 0.350. The van der Waals surface area contributed by atoms with Crippen LogP contribution in [-0.4, -0.2) is 27.4 Å². The van der Waals surface area contributed by atoms with E-state index in [1.807, 2.05) is 56.3 Å². The van der Waals surface area contributed by atoms with Crippen LogP contribution in [0.3, 0.4) is 0 Å². The third-order valence-corrected chi connectivity index (χ3v) is 4.16. The molecule has 0 bridgehead atoms. The molecule has 0 radical (unpaired) electrons. The first-order valence-corrected chi connectivity index (χ1v) is 8.31. The summed E-state index contributed by atoms with van der Waals surface area (Å²) in [4.78, 5) is 12.4. The number of para-hydroxylation sites is 1. The number of hydrogen-bond acceptors (Lipinski definition) is 4. The summed E-state index contributed by atoms with van der Waals surface area (Å²) in [6.07, 6.45) is 0. The van der Waals surface area contributed by atoms with Crippen molar-refractivity contribution in [3.63, 3.8) is 0 Å². The summed E-state index contributed by atoms with van der Waals surface area (Å²) in [7, 11) is 4.79. The van der Waals surface area contributed by atoms with Gasteiger partial charge in [-0.25, -0.2) is 4.79 Å². The summed E-state index contributed by atoms with van der Waals surface area (Å²) in [5.74, 6) is 2.01. The number of nitrogens with one attached hydrogen (secondary N) is 2. The number of ether oxygens (including phenoxy) is 3. The average Bonchev–Trinajstić information content (AvgIpc) is 2.65. The van der Waals surface area contributed by atoms with Gasteiger partial charge in [0, 0.05) is 12.1 Å². The van der Waals surface area contributed by atoms with E-state index in [-0.39, 0.29) is 6.03 Å². The van der Waals surface area contributed by atoms with Crippen molar-refractivity contribution in [1.29, 1.82) is 0 Å². The van der Waals surface area contributed by atoms with Crippen molar-refractivity contribution >= 4 is 6.03 Å². The van der Waals surface area contributed by atoms with E-state index in [0.717, 1.165) is 16.9 Å². The van der Waals surface area contributed by atoms with Crippen LogP contribution in [0, 0.1) is 0 Å². The fourth-order valence-corrected chi connectivity index (χ4v) is 2.65. The van der Waals surface area contributed by atoms with E-state index in [9.17, 15) is 4.79 Å². The summed E-state index contributed by atoms with van der Waals surface area (Å²) in [6.45, 7) is 4.23. The molecular formula is C20H26N2O4. The molecule has 0 aromatic heterocycles. The van der Waals surface area contributed by atoms with Gasteiger partial charge in [0.2, 0.25) is 0 Å². The predicted octanol–water partition coefficient (Wildman–Crippen LogP) is 3.45. The zero-order chi connectivity index (χ0) is 19.2. The van der Waals surface area contributed by atoms with E-state index in [0.29, 0.717) is 18.0 Å². The number of benzene rings is 2. The van der Waals surface area contributed by atoms with Gasteiger partial charge in [0.1, 0.15) is 5.75 Å². The first-order chi connectivity index (χ1) is 12.4. The molecule has 2 aromatic rings. The Hall–Kier alpha value is -2.89. The van der Waals surface area contributed by atoms with Gasteiger partial charge < -0.3 is 24.8 Å². The van der Waals surface area contributed by atoms with Crippen LogP contribution in [-0.2, 0) is 12.1 Å². The molecule has 2 N–H and O–H groups in total. The number of urea groups is 1. The highest BCUT2D eigenvalue weighted by molar-refractivity contribution is 5.75. The van der Waals surface area contributed by atoms with E-state index in [1.165, 1.54) is 0 Å². The molecule has 2 amide bonds. The molecule has 2 aromatic carbocycles. The second-order valence-corrected chi connectivity index (χ2v) is 6.31. The standard InChI is InChI=1S/C20H26N2O4/c1-20(2,15-10-11-17(25-4)18(12-15)26-5)22-19(23)21-13-14-8-6-7-9-16(14)24-3/h6-12H,13H2,1-5H3,(H2,21,22,23). The minimum Gasteiger partial charge on any atom is -0.496 e. The summed E-state index contributed by atoms with van der Waals surface area (Å²) in [5, 5.41) is 5.85. The molecule has 0 aliphatic heterocycles. The molecule has 0 aliphatic rings. The number of rotatable bonds is 7. The minimum atomic E-state index is -0.593. The zero-order valence-corrected chi connectivity index (χ0v) is 15.9. The number of carbonyl (C=O) groups is 1. The molecule has 6 heteroatoms. The maximum absolute atomic E-state index is 12.4. The van der Waals surface area contributed by atoms with Gasteiger partial charge in [-0.3, -0.25) is 0 Å². The van der Waals surface area contributed by atoms with Crippen molar-refractivity contribution < 1.29 is 19.0 Å². The van der Waals surface area contributed by atoms with Crippen LogP contribution in [0.15, 0.2) is 42.5 Å². The van der Waals surface area contributed by atoms with Gasteiger partial charge in [-0.15, -0.1) is 0 Å². The molecule has 6 nitrogen and oxygen atoms in total. The molecular weight excluding hydrogens is 332 g/mol. The van der Waals surface area contributed by atoms with Crippen LogP contribution in [0.25, 0.3) is 0 Å². The van der Waals surface area contributed by atoms with Gasteiger partial charge in [0.25, 0.3) is 0 Å². The smallest absolute Gasteiger partial charge is 0.315 e. The Kier molecular flexibility index (Phi) is 6.33. The van der Waals surface area contributed by atoms with Crippen molar-refractivity contribution in [2.45, 2.75) is 25.9 Å². The average molecular weight is 358 g/mol. The second-order valence-electron chi connectivity index (χ2n) is 6.31. The van der Waals surface area contributed by atoms with Crippen LogP contribution in [0.1, 0.15) is 25.0 Å². The number of hydrogen-bond donors (Lipinski definition) is 2. The molecule has 0 saturated heterocycles. The number of methoxy groups -OCH3 is 3. The van der Waals surface area contributed by atoms with E-state index < -0.39 is 5.54 Å². The van der Waals surface area contributed by atoms with Gasteiger partial charge >= 0.3 is 6.03 Å². The minimum absolute atomic E-state index is 0.268. The molecule has 0 atom stereocenters. The SMILES string of the molecule is COc1ccccc1CNC(=O)NC(C)(C)c1ccc(OC)c(OC)c1. The molecule has 2 rings (SSSR count). The molecule has 0 heterocycles. The van der Waals surface area contributed by atoms with Crippen LogP contribution >= 0.6 is 0 Å². The summed E-state index contributed by atoms with van der Waals surface area (Å²) < 4.78 is 15.9. The summed E-state index contributed by atoms with van der Waals surface area (Å²) in [5.41, 5.74) is 1.22. The lowest BCUT2D eigenvalue weighted by atomic mass is 9.94. The van der Waals surface area contributed by atoms with Crippen molar-refractivity contribution in [3.8, 4) is 17.2 Å². The predicted molar refractivity (Wildman–Crippen MR) is 101 cm³/mol. The first kappa shape index (κ1) is 19.4. The third kappa shape index (κ3) is 4.59.